The number of benzene rings is 1. The predicted molar refractivity (Wildman–Crippen MR) is 160 cm³/mol. The quantitative estimate of drug-likeness (QED) is 0.474. The van der Waals surface area contributed by atoms with Crippen LogP contribution in [0.2, 0.25) is 0 Å². The number of urea groups is 2. The molecule has 2 N–H and O–H groups in total. The molecule has 1 aromatic heterocycles. The number of carbonyl (C=O) groups excluding carboxylic acids is 2. The van der Waals surface area contributed by atoms with Crippen molar-refractivity contribution in [1.82, 2.24) is 25.0 Å². The number of nitrogens with zero attached hydrogens (tertiary/aromatic N) is 4. The lowest BCUT2D eigenvalue weighted by Crippen LogP contribution is -2.58. The van der Waals surface area contributed by atoms with Gasteiger partial charge in [0.2, 0.25) is 0 Å². The van der Waals surface area contributed by atoms with Gasteiger partial charge in [-0.05, 0) is 63.1 Å². The Morgan fingerprint density at radius 2 is 1.75 bits per heavy atom. The first-order chi connectivity index (χ1) is 19.4. The van der Waals surface area contributed by atoms with Crippen molar-refractivity contribution in [2.24, 2.45) is 0 Å². The van der Waals surface area contributed by atoms with Crippen LogP contribution in [0, 0.1) is 0 Å². The normalized spacial score (nSPS) is 20.9. The van der Waals surface area contributed by atoms with Crippen molar-refractivity contribution in [2.75, 3.05) is 51.7 Å². The molecule has 3 aliphatic rings. The van der Waals surface area contributed by atoms with E-state index in [1.165, 1.54) is 49.0 Å². The number of thiazole rings is 1. The molecule has 1 aliphatic carbocycles. The Labute approximate surface area is 242 Å². The van der Waals surface area contributed by atoms with Crippen molar-refractivity contribution in [1.29, 1.82) is 0 Å². The molecule has 2 aromatic rings. The number of likely N-dealkylation sites (tertiary alicyclic amines) is 1. The summed E-state index contributed by atoms with van der Waals surface area (Å²) in [5, 5.41) is 8.73. The number of amides is 4. The highest BCUT2D eigenvalue weighted by Crippen LogP contribution is 2.40. The van der Waals surface area contributed by atoms with Gasteiger partial charge in [0.05, 0.1) is 12.8 Å². The van der Waals surface area contributed by atoms with Gasteiger partial charge in [-0.3, -0.25) is 10.2 Å². The summed E-state index contributed by atoms with van der Waals surface area (Å²) in [4.78, 5) is 36.7. The maximum atomic E-state index is 13.1. The molecular formula is C30H44N6O3S. The van der Waals surface area contributed by atoms with Gasteiger partial charge in [0.1, 0.15) is 5.75 Å². The van der Waals surface area contributed by atoms with E-state index in [0.29, 0.717) is 30.2 Å². The number of aromatic nitrogens is 1. The molecule has 1 atom stereocenters. The van der Waals surface area contributed by atoms with E-state index in [9.17, 15) is 9.59 Å². The summed E-state index contributed by atoms with van der Waals surface area (Å²) >= 11 is 1.47. The van der Waals surface area contributed by atoms with Crippen LogP contribution in [0.3, 0.4) is 0 Å². The minimum Gasteiger partial charge on any atom is -0.497 e. The zero-order valence-corrected chi connectivity index (χ0v) is 25.0. The first-order valence-corrected chi connectivity index (χ1v) is 15.8. The standard InChI is InChI=1S/C30H44N6O3S/c1-21(2)31-29(37)36-13-7-10-23(19-36)34-14-16-35(17-15-34)30(38)33-28-32-27(20-40-28)26-18-24(39-3)11-12-25(26)22-8-5-4-6-9-22/h11-12,18,20-23H,4-10,13-17,19H2,1-3H3,(H,31,37)(H,32,33,38). The Kier molecular flexibility index (Phi) is 9.47. The first kappa shape index (κ1) is 28.7. The van der Waals surface area contributed by atoms with Gasteiger partial charge in [-0.2, -0.15) is 0 Å². The number of ether oxygens (including phenoxy) is 1. The van der Waals surface area contributed by atoms with E-state index in [4.69, 9.17) is 9.72 Å². The van der Waals surface area contributed by atoms with E-state index in [0.717, 1.165) is 56.0 Å². The largest absolute Gasteiger partial charge is 0.497 e. The second-order valence-corrected chi connectivity index (χ2v) is 12.5. The van der Waals surface area contributed by atoms with E-state index in [-0.39, 0.29) is 18.1 Å². The molecule has 3 fully saturated rings. The van der Waals surface area contributed by atoms with Gasteiger partial charge >= 0.3 is 12.1 Å². The maximum Gasteiger partial charge on any atom is 0.323 e. The summed E-state index contributed by atoms with van der Waals surface area (Å²) in [6, 6.07) is 6.75. The Balaban J connectivity index is 1.17. The Bertz CT molecular complexity index is 1160. The monoisotopic (exact) mass is 568 g/mol. The number of anilines is 1. The summed E-state index contributed by atoms with van der Waals surface area (Å²) in [5.41, 5.74) is 3.34. The van der Waals surface area contributed by atoms with Gasteiger partial charge < -0.3 is 19.9 Å². The molecule has 3 heterocycles. The molecule has 10 heteroatoms. The lowest BCUT2D eigenvalue weighted by molar-refractivity contribution is 0.0723. The minimum atomic E-state index is -0.0970. The summed E-state index contributed by atoms with van der Waals surface area (Å²) in [7, 11) is 1.69. The average Bonchev–Trinajstić information content (AvgIpc) is 3.45. The number of methoxy groups -OCH3 is 1. The van der Waals surface area contributed by atoms with Crippen LogP contribution < -0.4 is 15.4 Å². The molecule has 0 radical (unpaired) electrons. The molecule has 40 heavy (non-hydrogen) atoms. The smallest absolute Gasteiger partial charge is 0.323 e. The number of nitrogens with one attached hydrogen (secondary N) is 2. The number of carbonyl (C=O) groups is 2. The molecule has 0 spiro atoms. The van der Waals surface area contributed by atoms with Crippen molar-refractivity contribution >= 4 is 28.5 Å². The predicted octanol–water partition coefficient (Wildman–Crippen LogP) is 5.60. The molecule has 218 valence electrons. The van der Waals surface area contributed by atoms with E-state index >= 15 is 0 Å². The van der Waals surface area contributed by atoms with Crippen LogP contribution in [-0.4, -0.2) is 90.2 Å². The third-order valence-electron chi connectivity index (χ3n) is 8.51. The second-order valence-electron chi connectivity index (χ2n) is 11.6. The van der Waals surface area contributed by atoms with Crippen LogP contribution >= 0.6 is 11.3 Å². The van der Waals surface area contributed by atoms with Crippen molar-refractivity contribution in [3.05, 3.63) is 29.1 Å². The number of hydrogen-bond acceptors (Lipinski definition) is 6. The molecule has 2 aliphatic heterocycles. The Morgan fingerprint density at radius 1 is 0.975 bits per heavy atom. The Morgan fingerprint density at radius 3 is 2.48 bits per heavy atom. The lowest BCUT2D eigenvalue weighted by Gasteiger charge is -2.43. The number of hydrogen-bond donors (Lipinski definition) is 2. The topological polar surface area (TPSA) is 90.0 Å². The second kappa shape index (κ2) is 13.2. The fourth-order valence-electron chi connectivity index (χ4n) is 6.34. The molecule has 1 saturated carbocycles. The molecule has 4 amide bonds. The molecule has 2 saturated heterocycles. The van der Waals surface area contributed by atoms with Crippen LogP contribution in [0.25, 0.3) is 11.3 Å². The summed E-state index contributed by atoms with van der Waals surface area (Å²) in [5.74, 6) is 1.37. The van der Waals surface area contributed by atoms with Crippen LogP contribution in [0.4, 0.5) is 14.7 Å². The van der Waals surface area contributed by atoms with Gasteiger partial charge in [0.25, 0.3) is 0 Å². The third kappa shape index (κ3) is 6.89. The number of piperazine rings is 1. The molecule has 9 nitrogen and oxygen atoms in total. The summed E-state index contributed by atoms with van der Waals surface area (Å²) in [6.07, 6.45) is 8.39. The molecular weight excluding hydrogens is 524 g/mol. The number of rotatable bonds is 6. The fraction of sp³-hybridized carbons (Fsp3) is 0.633. The average molecular weight is 569 g/mol. The molecule has 1 aromatic carbocycles. The summed E-state index contributed by atoms with van der Waals surface area (Å²) < 4.78 is 5.53. The zero-order chi connectivity index (χ0) is 28.1. The SMILES string of the molecule is COc1ccc(C2CCCCC2)c(-c2csc(NC(=O)N3CCN(C4CCCN(C(=O)NC(C)C)C4)CC3)n2)c1. The number of piperidine rings is 1. The van der Waals surface area contributed by atoms with Gasteiger partial charge in [0.15, 0.2) is 5.13 Å². The highest BCUT2D eigenvalue weighted by atomic mass is 32.1. The van der Waals surface area contributed by atoms with E-state index in [2.05, 4.69) is 27.7 Å². The highest BCUT2D eigenvalue weighted by Gasteiger charge is 2.31. The highest BCUT2D eigenvalue weighted by molar-refractivity contribution is 7.14. The van der Waals surface area contributed by atoms with Gasteiger partial charge in [-0.25, -0.2) is 14.6 Å². The van der Waals surface area contributed by atoms with Crippen LogP contribution in [0.1, 0.15) is 70.3 Å². The van der Waals surface area contributed by atoms with Gasteiger partial charge in [0, 0.05) is 62.3 Å². The Hall–Kier alpha value is -2.85. The maximum absolute atomic E-state index is 13.1. The van der Waals surface area contributed by atoms with E-state index in [1.54, 1.807) is 7.11 Å². The van der Waals surface area contributed by atoms with Crippen molar-refractivity contribution < 1.29 is 14.3 Å². The van der Waals surface area contributed by atoms with E-state index < -0.39 is 0 Å². The lowest BCUT2D eigenvalue weighted by atomic mass is 9.81. The van der Waals surface area contributed by atoms with Crippen LogP contribution in [-0.2, 0) is 0 Å². The fourth-order valence-corrected chi connectivity index (χ4v) is 7.05. The zero-order valence-electron chi connectivity index (χ0n) is 24.2. The van der Waals surface area contributed by atoms with Crippen LogP contribution in [0.5, 0.6) is 5.75 Å². The third-order valence-corrected chi connectivity index (χ3v) is 9.27. The molecule has 0 bridgehead atoms. The molecule has 5 rings (SSSR count). The van der Waals surface area contributed by atoms with E-state index in [1.807, 2.05) is 35.1 Å². The minimum absolute atomic E-state index is 0.0281. The van der Waals surface area contributed by atoms with Crippen molar-refractivity contribution in [3.8, 4) is 17.0 Å². The van der Waals surface area contributed by atoms with Crippen molar-refractivity contribution in [3.63, 3.8) is 0 Å². The first-order valence-electron chi connectivity index (χ1n) is 14.9. The van der Waals surface area contributed by atoms with Gasteiger partial charge in [-0.1, -0.05) is 25.3 Å². The summed E-state index contributed by atoms with van der Waals surface area (Å²) in [6.45, 7) is 8.50. The van der Waals surface area contributed by atoms with Gasteiger partial charge in [-0.15, -0.1) is 11.3 Å². The molecule has 1 unspecified atom stereocenters. The van der Waals surface area contributed by atoms with Crippen molar-refractivity contribution in [2.45, 2.75) is 76.8 Å². The van der Waals surface area contributed by atoms with Crippen LogP contribution in [0.15, 0.2) is 23.6 Å².